The molecule has 1 aliphatic rings. The lowest BCUT2D eigenvalue weighted by molar-refractivity contribution is 0.0123. The maximum absolute atomic E-state index is 12.0. The van der Waals surface area contributed by atoms with Gasteiger partial charge in [-0.1, -0.05) is 6.07 Å². The number of rotatable bonds is 5. The maximum atomic E-state index is 12.0. The Hall–Kier alpha value is -1.11. The number of benzene rings is 1. The van der Waals surface area contributed by atoms with Crippen LogP contribution in [0.3, 0.4) is 0 Å². The van der Waals surface area contributed by atoms with Crippen molar-refractivity contribution < 1.29 is 18.3 Å². The van der Waals surface area contributed by atoms with Crippen LogP contribution in [-0.4, -0.2) is 32.8 Å². The smallest absolute Gasteiger partial charge is 0.240 e. The van der Waals surface area contributed by atoms with E-state index in [1.54, 1.807) is 0 Å². The molecule has 1 aromatic carbocycles. The third kappa shape index (κ3) is 4.19. The first-order valence-electron chi connectivity index (χ1n) is 6.48. The lowest BCUT2D eigenvalue weighted by atomic mass is 10.1. The Morgan fingerprint density at radius 2 is 2.21 bits per heavy atom. The molecule has 1 atom stereocenters. The van der Waals surface area contributed by atoms with Crippen LogP contribution in [0.4, 0.5) is 0 Å². The van der Waals surface area contributed by atoms with Crippen LogP contribution in [-0.2, 0) is 14.8 Å². The fraction of sp³-hybridized carbons (Fsp3) is 0.538. The fourth-order valence-electron chi connectivity index (χ4n) is 2.12. The average molecular weight is 285 g/mol. The minimum absolute atomic E-state index is 0.0570. The Balaban J connectivity index is 1.87. The highest BCUT2D eigenvalue weighted by atomic mass is 32.2. The van der Waals surface area contributed by atoms with Crippen molar-refractivity contribution in [3.05, 3.63) is 24.3 Å². The van der Waals surface area contributed by atoms with Gasteiger partial charge in [0.2, 0.25) is 10.0 Å². The van der Waals surface area contributed by atoms with Gasteiger partial charge in [-0.25, -0.2) is 13.1 Å². The van der Waals surface area contributed by atoms with Gasteiger partial charge < -0.3 is 9.84 Å². The van der Waals surface area contributed by atoms with Crippen molar-refractivity contribution in [3.8, 4) is 5.75 Å². The average Bonchev–Trinajstić information content (AvgIpc) is 2.40. The largest absolute Gasteiger partial charge is 0.508 e. The highest BCUT2D eigenvalue weighted by molar-refractivity contribution is 7.89. The Morgan fingerprint density at radius 1 is 1.37 bits per heavy atom. The van der Waals surface area contributed by atoms with Crippen LogP contribution in [0.25, 0.3) is 0 Å². The molecule has 6 heteroatoms. The Morgan fingerprint density at radius 3 is 2.89 bits per heavy atom. The van der Waals surface area contributed by atoms with Crippen LogP contribution in [0, 0.1) is 0 Å². The number of hydrogen-bond donors (Lipinski definition) is 2. The van der Waals surface area contributed by atoms with E-state index in [2.05, 4.69) is 4.72 Å². The molecule has 2 rings (SSSR count). The predicted molar refractivity (Wildman–Crippen MR) is 71.5 cm³/mol. The van der Waals surface area contributed by atoms with Gasteiger partial charge in [-0.05, 0) is 43.9 Å². The summed E-state index contributed by atoms with van der Waals surface area (Å²) in [5, 5.41) is 9.29. The molecule has 2 N–H and O–H groups in total. The number of nitrogens with one attached hydrogen (secondary N) is 1. The number of phenolic OH excluding ortho intramolecular Hbond substituents is 1. The van der Waals surface area contributed by atoms with E-state index in [4.69, 9.17) is 4.74 Å². The summed E-state index contributed by atoms with van der Waals surface area (Å²) in [6.45, 7) is 1.12. The third-order valence-electron chi connectivity index (χ3n) is 3.16. The number of hydrogen-bond acceptors (Lipinski definition) is 4. The minimum Gasteiger partial charge on any atom is -0.508 e. The van der Waals surface area contributed by atoms with Crippen molar-refractivity contribution in [1.82, 2.24) is 4.72 Å². The summed E-state index contributed by atoms with van der Waals surface area (Å²) in [6.07, 6.45) is 4.06. The molecule has 1 unspecified atom stereocenters. The molecule has 1 saturated heterocycles. The molecule has 0 spiro atoms. The standard InChI is InChI=1S/C13H19NO4S/c15-11-4-3-6-13(10-11)19(16,17)14-8-7-12-5-1-2-9-18-12/h3-4,6,10,12,14-15H,1-2,5,7-9H2. The van der Waals surface area contributed by atoms with Crippen molar-refractivity contribution in [3.63, 3.8) is 0 Å². The Labute approximate surface area is 113 Å². The number of ether oxygens (including phenoxy) is 1. The number of aromatic hydroxyl groups is 1. The van der Waals surface area contributed by atoms with Gasteiger partial charge in [0.15, 0.2) is 0 Å². The van der Waals surface area contributed by atoms with Gasteiger partial charge >= 0.3 is 0 Å². The quantitative estimate of drug-likeness (QED) is 0.862. The van der Waals surface area contributed by atoms with Gasteiger partial charge in [0.05, 0.1) is 11.0 Å². The molecule has 0 aliphatic carbocycles. The molecular formula is C13H19NO4S. The zero-order valence-electron chi connectivity index (χ0n) is 10.7. The first kappa shape index (κ1) is 14.3. The molecule has 0 amide bonds. The summed E-state index contributed by atoms with van der Waals surface area (Å²) in [4.78, 5) is 0.0806. The van der Waals surface area contributed by atoms with Gasteiger partial charge in [-0.3, -0.25) is 0 Å². The lowest BCUT2D eigenvalue weighted by Gasteiger charge is -2.22. The first-order chi connectivity index (χ1) is 9.08. The van der Waals surface area contributed by atoms with E-state index in [1.165, 1.54) is 24.3 Å². The summed E-state index contributed by atoms with van der Waals surface area (Å²) in [5.74, 6) is -0.0570. The van der Waals surface area contributed by atoms with E-state index in [-0.39, 0.29) is 16.7 Å². The van der Waals surface area contributed by atoms with E-state index in [1.807, 2.05) is 0 Å². The summed E-state index contributed by atoms with van der Waals surface area (Å²) >= 11 is 0. The molecule has 1 heterocycles. The molecule has 0 bridgehead atoms. The molecule has 106 valence electrons. The molecule has 0 saturated carbocycles. The topological polar surface area (TPSA) is 75.6 Å². The van der Waals surface area contributed by atoms with E-state index in [9.17, 15) is 13.5 Å². The monoisotopic (exact) mass is 285 g/mol. The Bertz CT molecular complexity index is 509. The fourth-order valence-corrected chi connectivity index (χ4v) is 3.21. The van der Waals surface area contributed by atoms with Crippen molar-refractivity contribution in [2.24, 2.45) is 0 Å². The van der Waals surface area contributed by atoms with E-state index < -0.39 is 10.0 Å². The van der Waals surface area contributed by atoms with Gasteiger partial charge in [-0.2, -0.15) is 0 Å². The predicted octanol–water partition coefficient (Wildman–Crippen LogP) is 1.63. The van der Waals surface area contributed by atoms with Crippen LogP contribution in [0.15, 0.2) is 29.2 Å². The summed E-state index contributed by atoms with van der Waals surface area (Å²) in [7, 11) is -3.55. The van der Waals surface area contributed by atoms with E-state index >= 15 is 0 Å². The van der Waals surface area contributed by atoms with Crippen molar-refractivity contribution >= 4 is 10.0 Å². The molecule has 1 fully saturated rings. The summed E-state index contributed by atoms with van der Waals surface area (Å²) < 4.78 is 32.0. The molecule has 19 heavy (non-hydrogen) atoms. The second kappa shape index (κ2) is 6.36. The van der Waals surface area contributed by atoms with E-state index in [0.29, 0.717) is 13.0 Å². The molecule has 5 nitrogen and oxygen atoms in total. The molecule has 1 aromatic rings. The SMILES string of the molecule is O=S(=O)(NCCC1CCCCO1)c1cccc(O)c1. The number of sulfonamides is 1. The highest BCUT2D eigenvalue weighted by Gasteiger charge is 2.17. The van der Waals surface area contributed by atoms with Crippen LogP contribution in [0.5, 0.6) is 5.75 Å². The second-order valence-corrected chi connectivity index (χ2v) is 6.44. The summed E-state index contributed by atoms with van der Waals surface area (Å²) in [6, 6.07) is 5.64. The lowest BCUT2D eigenvalue weighted by Crippen LogP contribution is -2.29. The molecule has 0 aromatic heterocycles. The van der Waals surface area contributed by atoms with Crippen LogP contribution in [0.1, 0.15) is 25.7 Å². The van der Waals surface area contributed by atoms with Crippen LogP contribution < -0.4 is 4.72 Å². The van der Waals surface area contributed by atoms with Crippen LogP contribution >= 0.6 is 0 Å². The van der Waals surface area contributed by atoms with Crippen molar-refractivity contribution in [2.45, 2.75) is 36.7 Å². The van der Waals surface area contributed by atoms with Gasteiger partial charge in [0.25, 0.3) is 0 Å². The van der Waals surface area contributed by atoms with Gasteiger partial charge in [-0.15, -0.1) is 0 Å². The van der Waals surface area contributed by atoms with Crippen molar-refractivity contribution in [1.29, 1.82) is 0 Å². The number of phenols is 1. The third-order valence-corrected chi connectivity index (χ3v) is 4.62. The summed E-state index contributed by atoms with van der Waals surface area (Å²) in [5.41, 5.74) is 0. The highest BCUT2D eigenvalue weighted by Crippen LogP contribution is 2.17. The maximum Gasteiger partial charge on any atom is 0.240 e. The molecular weight excluding hydrogens is 266 g/mol. The Kier molecular flexibility index (Phi) is 4.79. The zero-order valence-corrected chi connectivity index (χ0v) is 11.5. The normalized spacial score (nSPS) is 20.3. The minimum atomic E-state index is -3.55. The first-order valence-corrected chi connectivity index (χ1v) is 7.96. The molecule has 1 aliphatic heterocycles. The van der Waals surface area contributed by atoms with Gasteiger partial charge in [0, 0.05) is 13.2 Å². The van der Waals surface area contributed by atoms with Gasteiger partial charge in [0.1, 0.15) is 5.75 Å². The molecule has 0 radical (unpaired) electrons. The van der Waals surface area contributed by atoms with Crippen molar-refractivity contribution in [2.75, 3.05) is 13.2 Å². The zero-order chi connectivity index (χ0) is 13.7. The second-order valence-electron chi connectivity index (χ2n) is 4.67. The van der Waals surface area contributed by atoms with E-state index in [0.717, 1.165) is 25.9 Å². The van der Waals surface area contributed by atoms with Crippen LogP contribution in [0.2, 0.25) is 0 Å².